The number of phenolic OH excluding ortho intramolecular Hbond substituents is 2. The van der Waals surface area contributed by atoms with Crippen LogP contribution in [-0.2, 0) is 19.4 Å². The van der Waals surface area contributed by atoms with Gasteiger partial charge in [-0.2, -0.15) is 5.10 Å². The molecule has 7 heteroatoms. The number of nitrogens with zero attached hydrogens (tertiary/aromatic N) is 4. The summed E-state index contributed by atoms with van der Waals surface area (Å²) in [6, 6.07) is 13.3. The fraction of sp³-hybridized carbons (Fsp3) is 0.261. The summed E-state index contributed by atoms with van der Waals surface area (Å²) in [4.78, 5) is 8.52. The van der Waals surface area contributed by atoms with Crippen LogP contribution >= 0.6 is 0 Å². The lowest BCUT2D eigenvalue weighted by Gasteiger charge is -2.09. The van der Waals surface area contributed by atoms with Crippen molar-refractivity contribution < 1.29 is 10.2 Å². The molecule has 1 aliphatic carbocycles. The molecule has 0 aliphatic heterocycles. The Morgan fingerprint density at radius 3 is 2.50 bits per heavy atom. The third-order valence-corrected chi connectivity index (χ3v) is 5.93. The zero-order chi connectivity index (χ0) is 20.7. The predicted octanol–water partition coefficient (Wildman–Crippen LogP) is 3.68. The number of phenols is 2. The summed E-state index contributed by atoms with van der Waals surface area (Å²) in [6.07, 6.45) is 5.83. The van der Waals surface area contributed by atoms with Crippen LogP contribution in [0, 0.1) is 5.92 Å². The number of benzene rings is 2. The molecule has 0 atom stereocenters. The maximum Gasteiger partial charge on any atom is 0.163 e. The molecule has 4 aromatic rings. The van der Waals surface area contributed by atoms with Gasteiger partial charge in [0.15, 0.2) is 17.1 Å². The summed E-state index contributed by atoms with van der Waals surface area (Å²) in [7, 11) is 0. The van der Waals surface area contributed by atoms with E-state index in [0.717, 1.165) is 32.2 Å². The second-order valence-corrected chi connectivity index (χ2v) is 7.92. The fourth-order valence-electron chi connectivity index (χ4n) is 4.44. The Bertz CT molecular complexity index is 1210. The molecular weight excluding hydrogens is 378 g/mol. The summed E-state index contributed by atoms with van der Waals surface area (Å²) in [5, 5.41) is 24.9. The highest BCUT2D eigenvalue weighted by atomic mass is 16.3. The van der Waals surface area contributed by atoms with Crippen molar-refractivity contribution in [3.8, 4) is 22.8 Å². The number of nitrogen functional groups attached to an aromatic ring is 1. The highest BCUT2D eigenvalue weighted by molar-refractivity contribution is 5.98. The average Bonchev–Trinajstić information content (AvgIpc) is 3.32. The van der Waals surface area contributed by atoms with Gasteiger partial charge < -0.3 is 15.9 Å². The lowest BCUT2D eigenvalue weighted by atomic mass is 10.0. The monoisotopic (exact) mass is 401 g/mol. The van der Waals surface area contributed by atoms with Crippen molar-refractivity contribution in [2.75, 3.05) is 5.73 Å². The molecule has 0 radical (unpaired) electrons. The van der Waals surface area contributed by atoms with E-state index in [1.165, 1.54) is 29.6 Å². The minimum atomic E-state index is -0.202. The van der Waals surface area contributed by atoms with Crippen LogP contribution in [0.15, 0.2) is 48.8 Å². The zero-order valence-electron chi connectivity index (χ0n) is 16.5. The number of anilines is 1. The maximum atomic E-state index is 9.90. The van der Waals surface area contributed by atoms with Gasteiger partial charge >= 0.3 is 0 Å². The Hall–Kier alpha value is -3.61. The van der Waals surface area contributed by atoms with Gasteiger partial charge in [0.2, 0.25) is 0 Å². The Labute approximate surface area is 173 Å². The topological polar surface area (TPSA) is 110 Å². The van der Waals surface area contributed by atoms with Crippen molar-refractivity contribution in [2.45, 2.75) is 32.2 Å². The minimum absolute atomic E-state index is 0.177. The van der Waals surface area contributed by atoms with Crippen molar-refractivity contribution in [3.05, 3.63) is 59.9 Å². The third kappa shape index (κ3) is 3.22. The first-order chi connectivity index (χ1) is 14.6. The summed E-state index contributed by atoms with van der Waals surface area (Å²) < 4.78 is 1.87. The summed E-state index contributed by atoms with van der Waals surface area (Å²) in [5.41, 5.74) is 11.0. The number of hydrogen-bond acceptors (Lipinski definition) is 6. The van der Waals surface area contributed by atoms with E-state index in [4.69, 9.17) is 10.8 Å². The van der Waals surface area contributed by atoms with E-state index in [9.17, 15) is 10.2 Å². The zero-order valence-corrected chi connectivity index (χ0v) is 16.5. The number of hydrogen-bond donors (Lipinski definition) is 3. The summed E-state index contributed by atoms with van der Waals surface area (Å²) in [5.74, 6) is 0.633. The molecule has 0 saturated heterocycles. The molecule has 5 rings (SSSR count). The molecule has 0 amide bonds. The van der Waals surface area contributed by atoms with Gasteiger partial charge in [-0.15, -0.1) is 0 Å². The molecular formula is C23H23N5O2. The van der Waals surface area contributed by atoms with E-state index in [1.807, 2.05) is 4.68 Å². The Morgan fingerprint density at radius 2 is 1.77 bits per heavy atom. The van der Waals surface area contributed by atoms with Crippen molar-refractivity contribution in [1.82, 2.24) is 19.7 Å². The Balaban J connectivity index is 1.39. The summed E-state index contributed by atoms with van der Waals surface area (Å²) in [6.45, 7) is 0.726. The van der Waals surface area contributed by atoms with Crippen LogP contribution in [-0.4, -0.2) is 30.0 Å². The van der Waals surface area contributed by atoms with Crippen LogP contribution in [0.4, 0.5) is 5.82 Å². The molecule has 4 N–H and O–H groups in total. The second-order valence-electron chi connectivity index (χ2n) is 7.92. The quantitative estimate of drug-likeness (QED) is 0.440. The Morgan fingerprint density at radius 1 is 1.00 bits per heavy atom. The number of rotatable bonds is 5. The van der Waals surface area contributed by atoms with Gasteiger partial charge in [0.1, 0.15) is 17.8 Å². The van der Waals surface area contributed by atoms with Crippen LogP contribution in [0.5, 0.6) is 11.5 Å². The van der Waals surface area contributed by atoms with Crippen molar-refractivity contribution >= 4 is 16.9 Å². The molecule has 2 aromatic heterocycles. The lowest BCUT2D eigenvalue weighted by Crippen LogP contribution is -2.06. The second kappa shape index (κ2) is 7.33. The van der Waals surface area contributed by atoms with Crippen LogP contribution in [0.25, 0.3) is 22.3 Å². The summed E-state index contributed by atoms with van der Waals surface area (Å²) >= 11 is 0. The van der Waals surface area contributed by atoms with E-state index in [-0.39, 0.29) is 11.5 Å². The molecule has 0 fully saturated rings. The molecule has 152 valence electrons. The first-order valence-electron chi connectivity index (χ1n) is 10.2. The average molecular weight is 401 g/mol. The van der Waals surface area contributed by atoms with Gasteiger partial charge in [0, 0.05) is 12.1 Å². The van der Waals surface area contributed by atoms with E-state index in [0.29, 0.717) is 34.0 Å². The number of aromatic hydroxyl groups is 2. The molecule has 0 unspecified atom stereocenters. The maximum absolute atomic E-state index is 9.90. The fourth-order valence-corrected chi connectivity index (χ4v) is 4.44. The third-order valence-electron chi connectivity index (χ3n) is 5.93. The van der Waals surface area contributed by atoms with Gasteiger partial charge in [-0.3, -0.25) is 0 Å². The number of fused-ring (bicyclic) bond motifs is 2. The van der Waals surface area contributed by atoms with Crippen molar-refractivity contribution in [3.63, 3.8) is 0 Å². The van der Waals surface area contributed by atoms with E-state index in [1.54, 1.807) is 6.07 Å². The SMILES string of the molecule is Nc1ncnc2c1c(-c1ccc(O)c(O)c1)nn2CCCC1Cc2ccccc2C1. The lowest BCUT2D eigenvalue weighted by molar-refractivity contribution is 0.404. The van der Waals surface area contributed by atoms with E-state index in [2.05, 4.69) is 34.2 Å². The van der Waals surface area contributed by atoms with Crippen LogP contribution in [0.1, 0.15) is 24.0 Å². The van der Waals surface area contributed by atoms with Crippen molar-refractivity contribution in [2.24, 2.45) is 5.92 Å². The molecule has 2 heterocycles. The van der Waals surface area contributed by atoms with Gasteiger partial charge in [-0.25, -0.2) is 14.6 Å². The van der Waals surface area contributed by atoms with Crippen LogP contribution < -0.4 is 5.73 Å². The molecule has 0 bridgehead atoms. The molecule has 1 aliphatic rings. The van der Waals surface area contributed by atoms with Crippen LogP contribution in [0.2, 0.25) is 0 Å². The van der Waals surface area contributed by atoms with E-state index >= 15 is 0 Å². The molecule has 0 saturated carbocycles. The van der Waals surface area contributed by atoms with Crippen molar-refractivity contribution in [1.29, 1.82) is 0 Å². The van der Waals surface area contributed by atoms with Gasteiger partial charge in [0.05, 0.1) is 5.39 Å². The van der Waals surface area contributed by atoms with Crippen LogP contribution in [0.3, 0.4) is 0 Å². The first kappa shape index (κ1) is 18.4. The normalized spacial score (nSPS) is 13.7. The first-order valence-corrected chi connectivity index (χ1v) is 10.2. The largest absolute Gasteiger partial charge is 0.504 e. The highest BCUT2D eigenvalue weighted by Crippen LogP contribution is 2.35. The number of aromatic nitrogens is 4. The number of aryl methyl sites for hydroxylation is 1. The molecule has 2 aromatic carbocycles. The molecule has 0 spiro atoms. The van der Waals surface area contributed by atoms with Gasteiger partial charge in [-0.05, 0) is 60.9 Å². The molecule has 7 nitrogen and oxygen atoms in total. The Kier molecular flexibility index (Phi) is 4.50. The standard InChI is InChI=1S/C23H23N5O2/c24-22-20-21(17-7-8-18(29)19(30)12-17)27-28(23(20)26-13-25-22)9-3-4-14-10-15-5-1-2-6-16(15)11-14/h1-2,5-8,12-14,29-30H,3-4,9-11H2,(H2,24,25,26). The smallest absolute Gasteiger partial charge is 0.163 e. The molecule has 30 heavy (non-hydrogen) atoms. The predicted molar refractivity (Wildman–Crippen MR) is 115 cm³/mol. The van der Waals surface area contributed by atoms with E-state index < -0.39 is 0 Å². The number of nitrogens with two attached hydrogens (primary N) is 1. The minimum Gasteiger partial charge on any atom is -0.504 e. The van der Waals surface area contributed by atoms with Gasteiger partial charge in [-0.1, -0.05) is 24.3 Å². The highest BCUT2D eigenvalue weighted by Gasteiger charge is 2.21. The van der Waals surface area contributed by atoms with Gasteiger partial charge in [0.25, 0.3) is 0 Å².